The van der Waals surface area contributed by atoms with Crippen LogP contribution < -0.4 is 14.8 Å². The van der Waals surface area contributed by atoms with E-state index in [1.165, 1.54) is 5.56 Å². The number of hydrogen-bond donors (Lipinski definition) is 1. The Morgan fingerprint density at radius 2 is 1.72 bits per heavy atom. The first-order valence-corrected chi connectivity index (χ1v) is 6.30. The molecule has 1 rings (SSSR count). The third kappa shape index (κ3) is 4.94. The van der Waals surface area contributed by atoms with Gasteiger partial charge in [-0.05, 0) is 31.3 Å². The van der Waals surface area contributed by atoms with Gasteiger partial charge in [0, 0.05) is 25.7 Å². The fraction of sp³-hybridized carbons (Fsp3) is 0.571. The molecule has 0 aromatic heterocycles. The fourth-order valence-corrected chi connectivity index (χ4v) is 1.63. The van der Waals surface area contributed by atoms with E-state index in [0.29, 0.717) is 0 Å². The summed E-state index contributed by atoms with van der Waals surface area (Å²) in [7, 11) is 5.46. The predicted molar refractivity (Wildman–Crippen MR) is 74.4 cm³/mol. The molecule has 18 heavy (non-hydrogen) atoms. The van der Waals surface area contributed by atoms with E-state index in [2.05, 4.69) is 24.2 Å². The van der Waals surface area contributed by atoms with Gasteiger partial charge in [-0.2, -0.15) is 0 Å². The highest BCUT2D eigenvalue weighted by Crippen LogP contribution is 2.22. The van der Waals surface area contributed by atoms with Crippen molar-refractivity contribution in [3.8, 4) is 11.5 Å². The Kier molecular flexibility index (Phi) is 6.54. The topological polar surface area (TPSA) is 33.7 Å². The Morgan fingerprint density at radius 1 is 1.11 bits per heavy atom. The van der Waals surface area contributed by atoms with Crippen LogP contribution in [-0.4, -0.2) is 45.8 Å². The molecule has 4 heteroatoms. The summed E-state index contributed by atoms with van der Waals surface area (Å²) in [6.45, 7) is 6.09. The minimum Gasteiger partial charge on any atom is -0.497 e. The van der Waals surface area contributed by atoms with Crippen LogP contribution in [0.4, 0.5) is 0 Å². The molecule has 0 aliphatic carbocycles. The van der Waals surface area contributed by atoms with Crippen molar-refractivity contribution >= 4 is 0 Å². The summed E-state index contributed by atoms with van der Waals surface area (Å²) in [6, 6.07) is 5.94. The number of methoxy groups -OCH3 is 2. The molecular weight excluding hydrogens is 228 g/mol. The third-order valence-electron chi connectivity index (χ3n) is 2.95. The smallest absolute Gasteiger partial charge is 0.122 e. The first kappa shape index (κ1) is 14.8. The molecule has 0 radical (unpaired) electrons. The maximum absolute atomic E-state index is 5.24. The van der Waals surface area contributed by atoms with Crippen LogP contribution in [0.1, 0.15) is 12.5 Å². The van der Waals surface area contributed by atoms with Crippen molar-refractivity contribution in [2.75, 3.05) is 40.9 Å². The molecule has 4 nitrogen and oxygen atoms in total. The highest BCUT2D eigenvalue weighted by Gasteiger charge is 2.01. The maximum atomic E-state index is 5.24. The van der Waals surface area contributed by atoms with Crippen molar-refractivity contribution in [3.63, 3.8) is 0 Å². The first-order chi connectivity index (χ1) is 8.69. The standard InChI is InChI=1S/C14H24N2O2/c1-5-16(2)7-6-15-11-12-8-13(17-3)10-14(9-12)18-4/h8-10,15H,5-7,11H2,1-4H3. The van der Waals surface area contributed by atoms with Crippen LogP contribution in [0.15, 0.2) is 18.2 Å². The van der Waals surface area contributed by atoms with Crippen molar-refractivity contribution in [1.82, 2.24) is 10.2 Å². The normalized spacial score (nSPS) is 10.7. The van der Waals surface area contributed by atoms with Gasteiger partial charge < -0.3 is 19.7 Å². The van der Waals surface area contributed by atoms with E-state index >= 15 is 0 Å². The molecule has 0 aliphatic rings. The van der Waals surface area contributed by atoms with Crippen LogP contribution in [0, 0.1) is 0 Å². The van der Waals surface area contributed by atoms with E-state index in [1.54, 1.807) is 14.2 Å². The molecule has 0 fully saturated rings. The summed E-state index contributed by atoms with van der Waals surface area (Å²) in [5.74, 6) is 1.66. The molecule has 0 amide bonds. The zero-order valence-corrected chi connectivity index (χ0v) is 11.8. The monoisotopic (exact) mass is 252 g/mol. The second-order valence-corrected chi connectivity index (χ2v) is 4.29. The summed E-state index contributed by atoms with van der Waals surface area (Å²) in [4.78, 5) is 2.28. The van der Waals surface area contributed by atoms with Gasteiger partial charge >= 0.3 is 0 Å². The van der Waals surface area contributed by atoms with Crippen LogP contribution >= 0.6 is 0 Å². The van der Waals surface area contributed by atoms with Crippen molar-refractivity contribution in [2.24, 2.45) is 0 Å². The zero-order valence-electron chi connectivity index (χ0n) is 11.8. The van der Waals surface area contributed by atoms with Gasteiger partial charge in [-0.25, -0.2) is 0 Å². The molecule has 0 heterocycles. The number of nitrogens with zero attached hydrogens (tertiary/aromatic N) is 1. The lowest BCUT2D eigenvalue weighted by molar-refractivity contribution is 0.348. The highest BCUT2D eigenvalue weighted by molar-refractivity contribution is 5.38. The van der Waals surface area contributed by atoms with Crippen LogP contribution in [0.2, 0.25) is 0 Å². The molecule has 0 unspecified atom stereocenters. The van der Waals surface area contributed by atoms with Crippen molar-refractivity contribution in [3.05, 3.63) is 23.8 Å². The summed E-state index contributed by atoms with van der Waals surface area (Å²) in [6.07, 6.45) is 0. The van der Waals surface area contributed by atoms with Crippen molar-refractivity contribution in [1.29, 1.82) is 0 Å². The molecule has 0 bridgehead atoms. The molecule has 0 saturated carbocycles. The minimum absolute atomic E-state index is 0.825. The van der Waals surface area contributed by atoms with Gasteiger partial charge in [-0.3, -0.25) is 0 Å². The molecule has 0 atom stereocenters. The van der Waals surface area contributed by atoms with Crippen molar-refractivity contribution < 1.29 is 9.47 Å². The van der Waals surface area contributed by atoms with Gasteiger partial charge in [0.1, 0.15) is 11.5 Å². The maximum Gasteiger partial charge on any atom is 0.122 e. The van der Waals surface area contributed by atoms with E-state index in [4.69, 9.17) is 9.47 Å². The average molecular weight is 252 g/mol. The van der Waals surface area contributed by atoms with Gasteiger partial charge in [-0.15, -0.1) is 0 Å². The number of likely N-dealkylation sites (N-methyl/N-ethyl adjacent to an activating group) is 1. The molecule has 1 aromatic carbocycles. The van der Waals surface area contributed by atoms with Crippen LogP contribution in [-0.2, 0) is 6.54 Å². The van der Waals surface area contributed by atoms with Crippen LogP contribution in [0.3, 0.4) is 0 Å². The van der Waals surface area contributed by atoms with E-state index in [1.807, 2.05) is 18.2 Å². The van der Waals surface area contributed by atoms with E-state index in [0.717, 1.165) is 37.7 Å². The largest absolute Gasteiger partial charge is 0.497 e. The van der Waals surface area contributed by atoms with Crippen molar-refractivity contribution in [2.45, 2.75) is 13.5 Å². The fourth-order valence-electron chi connectivity index (χ4n) is 1.63. The number of hydrogen-bond acceptors (Lipinski definition) is 4. The number of nitrogens with one attached hydrogen (secondary N) is 1. The van der Waals surface area contributed by atoms with E-state index in [-0.39, 0.29) is 0 Å². The van der Waals surface area contributed by atoms with E-state index in [9.17, 15) is 0 Å². The number of rotatable bonds is 8. The third-order valence-corrected chi connectivity index (χ3v) is 2.95. The summed E-state index contributed by atoms with van der Waals surface area (Å²) in [5, 5.41) is 3.42. The van der Waals surface area contributed by atoms with Crippen LogP contribution in [0.25, 0.3) is 0 Å². The second-order valence-electron chi connectivity index (χ2n) is 4.29. The van der Waals surface area contributed by atoms with Gasteiger partial charge in [0.15, 0.2) is 0 Å². The summed E-state index contributed by atoms with van der Waals surface area (Å²) >= 11 is 0. The van der Waals surface area contributed by atoms with Gasteiger partial charge in [-0.1, -0.05) is 6.92 Å². The summed E-state index contributed by atoms with van der Waals surface area (Å²) < 4.78 is 10.5. The molecule has 102 valence electrons. The van der Waals surface area contributed by atoms with Crippen LogP contribution in [0.5, 0.6) is 11.5 Å². The quantitative estimate of drug-likeness (QED) is 0.715. The highest BCUT2D eigenvalue weighted by atomic mass is 16.5. The molecule has 1 aromatic rings. The number of benzene rings is 1. The Balaban J connectivity index is 2.46. The molecule has 0 spiro atoms. The zero-order chi connectivity index (χ0) is 13.4. The Hall–Kier alpha value is -1.26. The second kappa shape index (κ2) is 7.95. The first-order valence-electron chi connectivity index (χ1n) is 6.30. The average Bonchev–Trinajstić information content (AvgIpc) is 2.42. The van der Waals surface area contributed by atoms with E-state index < -0.39 is 0 Å². The lowest BCUT2D eigenvalue weighted by Crippen LogP contribution is -2.28. The molecule has 0 saturated heterocycles. The van der Waals surface area contributed by atoms with Gasteiger partial charge in [0.2, 0.25) is 0 Å². The van der Waals surface area contributed by atoms with Gasteiger partial charge in [0.25, 0.3) is 0 Å². The molecule has 1 N–H and O–H groups in total. The summed E-state index contributed by atoms with van der Waals surface area (Å²) in [5.41, 5.74) is 1.17. The Labute approximate surface area is 110 Å². The minimum atomic E-state index is 0.825. The SMILES string of the molecule is CCN(C)CCNCc1cc(OC)cc(OC)c1. The predicted octanol–water partition coefficient (Wildman–Crippen LogP) is 1.75. The Bertz CT molecular complexity index is 333. The molecule has 0 aliphatic heterocycles. The number of ether oxygens (including phenoxy) is 2. The van der Waals surface area contributed by atoms with Gasteiger partial charge in [0.05, 0.1) is 14.2 Å². The lowest BCUT2D eigenvalue weighted by atomic mass is 10.2. The lowest BCUT2D eigenvalue weighted by Gasteiger charge is -2.14. The molecular formula is C14H24N2O2. The Morgan fingerprint density at radius 3 is 2.22 bits per heavy atom.